The molecule has 0 aromatic carbocycles. The van der Waals surface area contributed by atoms with Gasteiger partial charge < -0.3 is 5.11 Å². The van der Waals surface area contributed by atoms with E-state index < -0.39 is 11.5 Å². The first-order valence-corrected chi connectivity index (χ1v) is 6.26. The summed E-state index contributed by atoms with van der Waals surface area (Å²) in [5.41, 5.74) is 1.88. The molecule has 0 saturated heterocycles. The maximum atomic E-state index is 11.3. The summed E-state index contributed by atoms with van der Waals surface area (Å²) in [4.78, 5) is 17.3. The molecule has 0 radical (unpaired) electrons. The van der Waals surface area contributed by atoms with Gasteiger partial charge in [-0.25, -0.2) is 4.98 Å². The van der Waals surface area contributed by atoms with E-state index in [1.807, 2.05) is 24.3 Å². The van der Waals surface area contributed by atoms with Crippen LogP contribution in [0, 0.1) is 0 Å². The fourth-order valence-electron chi connectivity index (χ4n) is 1.68. The summed E-state index contributed by atoms with van der Waals surface area (Å²) in [6.07, 6.45) is 1.49. The van der Waals surface area contributed by atoms with Gasteiger partial charge in [0.2, 0.25) is 0 Å². The molecule has 0 amide bonds. The molecule has 1 heterocycles. The van der Waals surface area contributed by atoms with Crippen LogP contribution in [0.1, 0.15) is 32.4 Å². The molecule has 0 spiro atoms. The SMILES string of the molecule is CCCC(C)(C(=O)O)N(C)Cc1cscn1. The van der Waals surface area contributed by atoms with E-state index in [1.54, 1.807) is 12.4 Å². The predicted molar refractivity (Wildman–Crippen MR) is 64.5 cm³/mol. The van der Waals surface area contributed by atoms with Crippen LogP contribution in [0.5, 0.6) is 0 Å². The van der Waals surface area contributed by atoms with Crippen LogP contribution in [0.2, 0.25) is 0 Å². The van der Waals surface area contributed by atoms with Gasteiger partial charge in [-0.1, -0.05) is 13.3 Å². The molecule has 90 valence electrons. The van der Waals surface area contributed by atoms with Crippen molar-refractivity contribution in [2.24, 2.45) is 0 Å². The van der Waals surface area contributed by atoms with E-state index in [-0.39, 0.29) is 0 Å². The maximum absolute atomic E-state index is 11.3. The van der Waals surface area contributed by atoms with E-state index >= 15 is 0 Å². The van der Waals surface area contributed by atoms with Gasteiger partial charge in [0, 0.05) is 11.9 Å². The molecule has 0 bridgehead atoms. The molecule has 0 fully saturated rings. The van der Waals surface area contributed by atoms with Crippen molar-refractivity contribution >= 4 is 17.3 Å². The summed E-state index contributed by atoms with van der Waals surface area (Å²) in [6.45, 7) is 4.34. The summed E-state index contributed by atoms with van der Waals surface area (Å²) < 4.78 is 0. The number of hydrogen-bond donors (Lipinski definition) is 1. The number of nitrogens with zero attached hydrogens (tertiary/aromatic N) is 2. The van der Waals surface area contributed by atoms with Crippen molar-refractivity contribution in [2.45, 2.75) is 38.8 Å². The van der Waals surface area contributed by atoms with Gasteiger partial charge in [0.15, 0.2) is 0 Å². The lowest BCUT2D eigenvalue weighted by molar-refractivity contribution is -0.150. The minimum atomic E-state index is -0.807. The third-order valence-electron chi connectivity index (χ3n) is 2.92. The van der Waals surface area contributed by atoms with Crippen LogP contribution in [0.3, 0.4) is 0 Å². The Balaban J connectivity index is 2.75. The molecule has 1 aromatic heterocycles. The topological polar surface area (TPSA) is 53.4 Å². The zero-order chi connectivity index (χ0) is 12.2. The highest BCUT2D eigenvalue weighted by molar-refractivity contribution is 7.07. The van der Waals surface area contributed by atoms with Gasteiger partial charge in [0.05, 0.1) is 11.2 Å². The second kappa shape index (κ2) is 5.41. The van der Waals surface area contributed by atoms with Crippen molar-refractivity contribution < 1.29 is 9.90 Å². The fourth-order valence-corrected chi connectivity index (χ4v) is 2.23. The van der Waals surface area contributed by atoms with Crippen LogP contribution in [0.25, 0.3) is 0 Å². The highest BCUT2D eigenvalue weighted by Crippen LogP contribution is 2.22. The molecule has 1 N–H and O–H groups in total. The van der Waals surface area contributed by atoms with E-state index in [4.69, 9.17) is 0 Å². The smallest absolute Gasteiger partial charge is 0.323 e. The number of aromatic nitrogens is 1. The molecule has 1 aromatic rings. The van der Waals surface area contributed by atoms with E-state index in [0.29, 0.717) is 13.0 Å². The number of carboxylic acids is 1. The minimum Gasteiger partial charge on any atom is -0.480 e. The second-order valence-corrected chi connectivity index (χ2v) is 4.88. The summed E-state index contributed by atoms with van der Waals surface area (Å²) >= 11 is 1.53. The van der Waals surface area contributed by atoms with Gasteiger partial charge in [-0.3, -0.25) is 9.69 Å². The van der Waals surface area contributed by atoms with Crippen LogP contribution >= 0.6 is 11.3 Å². The molecule has 1 rings (SSSR count). The van der Waals surface area contributed by atoms with Crippen molar-refractivity contribution in [3.05, 3.63) is 16.6 Å². The third-order valence-corrected chi connectivity index (χ3v) is 3.56. The lowest BCUT2D eigenvalue weighted by atomic mass is 9.94. The molecule has 0 aliphatic rings. The highest BCUT2D eigenvalue weighted by Gasteiger charge is 2.36. The average Bonchev–Trinajstić information content (AvgIpc) is 2.70. The molecular weight excluding hydrogens is 224 g/mol. The van der Waals surface area contributed by atoms with Crippen molar-refractivity contribution in [2.75, 3.05) is 7.05 Å². The average molecular weight is 242 g/mol. The largest absolute Gasteiger partial charge is 0.480 e. The number of carboxylic acid groups (broad SMARTS) is 1. The van der Waals surface area contributed by atoms with Crippen molar-refractivity contribution in [3.8, 4) is 0 Å². The summed E-state index contributed by atoms with van der Waals surface area (Å²) in [5.74, 6) is -0.771. The monoisotopic (exact) mass is 242 g/mol. The molecule has 0 aliphatic heterocycles. The quantitative estimate of drug-likeness (QED) is 0.831. The number of likely N-dealkylation sites (N-methyl/N-ethyl adjacent to an activating group) is 1. The first kappa shape index (κ1) is 13.1. The Morgan fingerprint density at radius 1 is 1.69 bits per heavy atom. The van der Waals surface area contributed by atoms with Crippen LogP contribution in [0.15, 0.2) is 10.9 Å². The molecule has 16 heavy (non-hydrogen) atoms. The molecule has 0 saturated carbocycles. The zero-order valence-corrected chi connectivity index (χ0v) is 10.8. The van der Waals surface area contributed by atoms with Gasteiger partial charge in [-0.2, -0.15) is 0 Å². The molecule has 1 atom stereocenters. The van der Waals surface area contributed by atoms with Gasteiger partial charge in [0.25, 0.3) is 0 Å². The van der Waals surface area contributed by atoms with Crippen molar-refractivity contribution in [1.29, 1.82) is 0 Å². The van der Waals surface area contributed by atoms with Crippen molar-refractivity contribution in [1.82, 2.24) is 9.88 Å². The first-order chi connectivity index (χ1) is 7.50. The lowest BCUT2D eigenvalue weighted by Crippen LogP contribution is -2.50. The van der Waals surface area contributed by atoms with E-state index in [0.717, 1.165) is 12.1 Å². The van der Waals surface area contributed by atoms with Gasteiger partial charge in [0.1, 0.15) is 5.54 Å². The molecule has 0 aliphatic carbocycles. The molecule has 5 heteroatoms. The summed E-state index contributed by atoms with van der Waals surface area (Å²) in [6, 6.07) is 0. The number of rotatable bonds is 6. The Bertz CT molecular complexity index is 340. The highest BCUT2D eigenvalue weighted by atomic mass is 32.1. The zero-order valence-electron chi connectivity index (χ0n) is 9.93. The summed E-state index contributed by atoms with van der Waals surface area (Å²) in [7, 11) is 1.84. The van der Waals surface area contributed by atoms with E-state index in [2.05, 4.69) is 4.98 Å². The predicted octanol–water partition coefficient (Wildman–Crippen LogP) is 2.22. The standard InChI is InChI=1S/C11H18N2O2S/c1-4-5-11(2,10(14)15)13(3)6-9-7-16-8-12-9/h7-8H,4-6H2,1-3H3,(H,14,15). The first-order valence-electron chi connectivity index (χ1n) is 5.32. The molecule has 4 nitrogen and oxygen atoms in total. The van der Waals surface area contributed by atoms with E-state index in [9.17, 15) is 9.90 Å². The van der Waals surface area contributed by atoms with Crippen molar-refractivity contribution in [3.63, 3.8) is 0 Å². The number of thiazole rings is 1. The Kier molecular flexibility index (Phi) is 4.44. The minimum absolute atomic E-state index is 0.576. The molecule has 1 unspecified atom stereocenters. The second-order valence-electron chi connectivity index (χ2n) is 4.16. The maximum Gasteiger partial charge on any atom is 0.323 e. The third kappa shape index (κ3) is 2.80. The van der Waals surface area contributed by atoms with E-state index in [1.165, 1.54) is 11.3 Å². The van der Waals surface area contributed by atoms with Crippen LogP contribution < -0.4 is 0 Å². The molecular formula is C11H18N2O2S. The van der Waals surface area contributed by atoms with Crippen LogP contribution in [0.4, 0.5) is 0 Å². The Hall–Kier alpha value is -0.940. The van der Waals surface area contributed by atoms with Crippen LogP contribution in [-0.2, 0) is 11.3 Å². The number of hydrogen-bond acceptors (Lipinski definition) is 4. The van der Waals surface area contributed by atoms with Gasteiger partial charge >= 0.3 is 5.97 Å². The Labute approximate surface area is 99.9 Å². The summed E-state index contributed by atoms with van der Waals surface area (Å²) in [5, 5.41) is 11.3. The number of carbonyl (C=O) groups is 1. The fraction of sp³-hybridized carbons (Fsp3) is 0.636. The normalized spacial score (nSPS) is 15.0. The Morgan fingerprint density at radius 3 is 2.81 bits per heavy atom. The van der Waals surface area contributed by atoms with Gasteiger partial charge in [-0.15, -0.1) is 11.3 Å². The Morgan fingerprint density at radius 2 is 2.38 bits per heavy atom. The number of aliphatic carboxylic acids is 1. The van der Waals surface area contributed by atoms with Gasteiger partial charge in [-0.05, 0) is 20.4 Å². The van der Waals surface area contributed by atoms with Crippen LogP contribution in [-0.4, -0.2) is 33.5 Å². The lowest BCUT2D eigenvalue weighted by Gasteiger charge is -2.34.